The molecule has 0 aromatic heterocycles. The van der Waals surface area contributed by atoms with Crippen LogP contribution in [0.25, 0.3) is 0 Å². The minimum atomic E-state index is -0.315. The SMILES string of the molecule is CCN1CC(C)CNc2cc(F)c(OC)cc21. The van der Waals surface area contributed by atoms with E-state index in [1.54, 1.807) is 6.07 Å². The molecule has 1 N–H and O–H groups in total. The molecule has 0 saturated carbocycles. The highest BCUT2D eigenvalue weighted by molar-refractivity contribution is 5.73. The van der Waals surface area contributed by atoms with E-state index in [0.29, 0.717) is 11.7 Å². The molecule has 1 atom stereocenters. The van der Waals surface area contributed by atoms with Crippen molar-refractivity contribution in [3.05, 3.63) is 17.9 Å². The van der Waals surface area contributed by atoms with E-state index >= 15 is 0 Å². The lowest BCUT2D eigenvalue weighted by Crippen LogP contribution is -2.28. The number of nitrogens with one attached hydrogen (secondary N) is 1. The number of ether oxygens (including phenoxy) is 1. The van der Waals surface area contributed by atoms with Crippen LogP contribution in [0.2, 0.25) is 0 Å². The van der Waals surface area contributed by atoms with Crippen LogP contribution in [0.3, 0.4) is 0 Å². The van der Waals surface area contributed by atoms with Crippen molar-refractivity contribution in [3.63, 3.8) is 0 Å². The van der Waals surface area contributed by atoms with Crippen LogP contribution in [0.4, 0.5) is 15.8 Å². The van der Waals surface area contributed by atoms with Crippen molar-refractivity contribution < 1.29 is 9.13 Å². The zero-order valence-electron chi connectivity index (χ0n) is 10.6. The lowest BCUT2D eigenvalue weighted by atomic mass is 10.2. The smallest absolute Gasteiger partial charge is 0.167 e. The quantitative estimate of drug-likeness (QED) is 0.857. The number of benzene rings is 1. The first-order valence-electron chi connectivity index (χ1n) is 6.02. The number of nitrogens with zero attached hydrogens (tertiary/aromatic N) is 1. The Hall–Kier alpha value is -1.45. The third-order valence-corrected chi connectivity index (χ3v) is 3.17. The molecule has 1 aromatic rings. The fourth-order valence-corrected chi connectivity index (χ4v) is 2.23. The summed E-state index contributed by atoms with van der Waals surface area (Å²) in [5.41, 5.74) is 1.88. The highest BCUT2D eigenvalue weighted by Crippen LogP contribution is 2.35. The molecule has 94 valence electrons. The largest absolute Gasteiger partial charge is 0.494 e. The van der Waals surface area contributed by atoms with E-state index in [4.69, 9.17) is 4.74 Å². The van der Waals surface area contributed by atoms with Gasteiger partial charge in [0.1, 0.15) is 0 Å². The van der Waals surface area contributed by atoms with Gasteiger partial charge in [-0.05, 0) is 12.8 Å². The summed E-state index contributed by atoms with van der Waals surface area (Å²) in [5, 5.41) is 3.29. The van der Waals surface area contributed by atoms with Gasteiger partial charge in [0.05, 0.1) is 18.5 Å². The first-order valence-corrected chi connectivity index (χ1v) is 6.02. The molecule has 4 heteroatoms. The lowest BCUT2D eigenvalue weighted by Gasteiger charge is -2.24. The Labute approximate surface area is 102 Å². The van der Waals surface area contributed by atoms with E-state index in [1.165, 1.54) is 13.2 Å². The van der Waals surface area contributed by atoms with E-state index in [9.17, 15) is 4.39 Å². The van der Waals surface area contributed by atoms with Crippen LogP contribution in [0.5, 0.6) is 5.75 Å². The molecular formula is C13H19FN2O. The van der Waals surface area contributed by atoms with E-state index in [0.717, 1.165) is 31.0 Å². The van der Waals surface area contributed by atoms with Crippen molar-refractivity contribution in [1.29, 1.82) is 0 Å². The summed E-state index contributed by atoms with van der Waals surface area (Å²) in [6.07, 6.45) is 0. The van der Waals surface area contributed by atoms with Gasteiger partial charge in [0, 0.05) is 31.8 Å². The molecule has 2 rings (SSSR count). The summed E-state index contributed by atoms with van der Waals surface area (Å²) < 4.78 is 18.7. The maximum Gasteiger partial charge on any atom is 0.167 e. The number of halogens is 1. The molecule has 0 amide bonds. The minimum absolute atomic E-state index is 0.304. The monoisotopic (exact) mass is 238 g/mol. The lowest BCUT2D eigenvalue weighted by molar-refractivity contribution is 0.386. The summed E-state index contributed by atoms with van der Waals surface area (Å²) in [7, 11) is 1.49. The van der Waals surface area contributed by atoms with Crippen molar-refractivity contribution in [2.75, 3.05) is 37.0 Å². The second-order valence-corrected chi connectivity index (χ2v) is 4.53. The Morgan fingerprint density at radius 2 is 2.29 bits per heavy atom. The molecular weight excluding hydrogens is 219 g/mol. The number of rotatable bonds is 2. The fourth-order valence-electron chi connectivity index (χ4n) is 2.23. The van der Waals surface area contributed by atoms with Crippen LogP contribution in [0.15, 0.2) is 12.1 Å². The van der Waals surface area contributed by atoms with Crippen molar-refractivity contribution in [1.82, 2.24) is 0 Å². The molecule has 1 aliphatic rings. The highest BCUT2D eigenvalue weighted by atomic mass is 19.1. The van der Waals surface area contributed by atoms with Gasteiger partial charge in [-0.2, -0.15) is 0 Å². The summed E-state index contributed by atoms with van der Waals surface area (Å²) in [6, 6.07) is 3.30. The van der Waals surface area contributed by atoms with E-state index in [-0.39, 0.29) is 5.82 Å². The topological polar surface area (TPSA) is 24.5 Å². The number of hydrogen-bond donors (Lipinski definition) is 1. The van der Waals surface area contributed by atoms with Gasteiger partial charge in [-0.3, -0.25) is 0 Å². The molecule has 0 fully saturated rings. The number of anilines is 2. The minimum Gasteiger partial charge on any atom is -0.494 e. The Morgan fingerprint density at radius 3 is 2.94 bits per heavy atom. The molecule has 1 aromatic carbocycles. The number of hydrogen-bond acceptors (Lipinski definition) is 3. The van der Waals surface area contributed by atoms with Crippen LogP contribution in [0.1, 0.15) is 13.8 Å². The molecule has 1 heterocycles. The van der Waals surface area contributed by atoms with Gasteiger partial charge in [0.2, 0.25) is 0 Å². The first-order chi connectivity index (χ1) is 8.15. The van der Waals surface area contributed by atoms with Gasteiger partial charge in [-0.15, -0.1) is 0 Å². The Morgan fingerprint density at radius 1 is 1.53 bits per heavy atom. The average molecular weight is 238 g/mol. The van der Waals surface area contributed by atoms with E-state index < -0.39 is 0 Å². The van der Waals surface area contributed by atoms with Gasteiger partial charge in [-0.1, -0.05) is 6.92 Å². The van der Waals surface area contributed by atoms with Crippen molar-refractivity contribution in [2.45, 2.75) is 13.8 Å². The van der Waals surface area contributed by atoms with Crippen molar-refractivity contribution >= 4 is 11.4 Å². The normalized spacial score (nSPS) is 19.3. The molecule has 0 aliphatic carbocycles. The Bertz CT molecular complexity index is 409. The van der Waals surface area contributed by atoms with Gasteiger partial charge in [-0.25, -0.2) is 4.39 Å². The second-order valence-electron chi connectivity index (χ2n) is 4.53. The number of fused-ring (bicyclic) bond motifs is 1. The van der Waals surface area contributed by atoms with Gasteiger partial charge in [0.15, 0.2) is 11.6 Å². The Kier molecular flexibility index (Phi) is 3.41. The first kappa shape index (κ1) is 12.0. The summed E-state index contributed by atoms with van der Waals surface area (Å²) in [5.74, 6) is 0.527. The molecule has 1 unspecified atom stereocenters. The molecule has 0 radical (unpaired) electrons. The molecule has 3 nitrogen and oxygen atoms in total. The maximum atomic E-state index is 13.7. The molecule has 0 saturated heterocycles. The fraction of sp³-hybridized carbons (Fsp3) is 0.538. The summed E-state index contributed by atoms with van der Waals surface area (Å²) in [4.78, 5) is 2.25. The van der Waals surface area contributed by atoms with Crippen molar-refractivity contribution in [2.24, 2.45) is 5.92 Å². The van der Waals surface area contributed by atoms with Crippen LogP contribution < -0.4 is 15.0 Å². The molecule has 0 bridgehead atoms. The molecule has 0 spiro atoms. The molecule has 17 heavy (non-hydrogen) atoms. The maximum absolute atomic E-state index is 13.7. The van der Waals surface area contributed by atoms with Gasteiger partial charge >= 0.3 is 0 Å². The van der Waals surface area contributed by atoms with Gasteiger partial charge < -0.3 is 15.0 Å². The predicted octanol–water partition coefficient (Wildman–Crippen LogP) is 2.72. The average Bonchev–Trinajstić information content (AvgIpc) is 2.48. The van der Waals surface area contributed by atoms with Crippen LogP contribution in [0, 0.1) is 11.7 Å². The Balaban J connectivity index is 2.45. The standard InChI is InChI=1S/C13H19FN2O/c1-4-16-8-9(2)7-15-11-5-10(14)13(17-3)6-12(11)16/h5-6,9,15H,4,7-8H2,1-3H3. The number of methoxy groups -OCH3 is 1. The van der Waals surface area contributed by atoms with Crippen LogP contribution >= 0.6 is 0 Å². The molecule has 1 aliphatic heterocycles. The third kappa shape index (κ3) is 2.30. The van der Waals surface area contributed by atoms with E-state index in [2.05, 4.69) is 24.1 Å². The van der Waals surface area contributed by atoms with Crippen LogP contribution in [-0.2, 0) is 0 Å². The highest BCUT2D eigenvalue weighted by Gasteiger charge is 2.20. The van der Waals surface area contributed by atoms with Crippen molar-refractivity contribution in [3.8, 4) is 5.75 Å². The predicted molar refractivity (Wildman–Crippen MR) is 68.5 cm³/mol. The summed E-state index contributed by atoms with van der Waals surface area (Å²) >= 11 is 0. The van der Waals surface area contributed by atoms with E-state index in [1.807, 2.05) is 0 Å². The van der Waals surface area contributed by atoms with Crippen LogP contribution in [-0.4, -0.2) is 26.7 Å². The summed E-state index contributed by atoms with van der Waals surface area (Å²) in [6.45, 7) is 7.06. The zero-order chi connectivity index (χ0) is 12.4. The second kappa shape index (κ2) is 4.82. The van der Waals surface area contributed by atoms with Gasteiger partial charge in [0.25, 0.3) is 0 Å². The third-order valence-electron chi connectivity index (χ3n) is 3.17. The zero-order valence-corrected chi connectivity index (χ0v) is 10.6.